The van der Waals surface area contributed by atoms with Crippen LogP contribution in [0.15, 0.2) is 12.1 Å². The van der Waals surface area contributed by atoms with Gasteiger partial charge in [-0.3, -0.25) is 4.79 Å². The lowest BCUT2D eigenvalue weighted by Crippen LogP contribution is -2.27. The van der Waals surface area contributed by atoms with Gasteiger partial charge in [0.25, 0.3) is 0 Å². The minimum absolute atomic E-state index is 0.151. The minimum Gasteiger partial charge on any atom is -0.379 e. The molecule has 98 valence electrons. The summed E-state index contributed by atoms with van der Waals surface area (Å²) < 4.78 is 39.4. The Bertz CT molecular complexity index is 465. The molecule has 0 saturated carbocycles. The van der Waals surface area contributed by atoms with Crippen molar-refractivity contribution in [3.8, 4) is 0 Å². The highest BCUT2D eigenvalue weighted by Gasteiger charge is 2.19. The summed E-state index contributed by atoms with van der Waals surface area (Å²) in [6.45, 7) is 0.566. The highest BCUT2D eigenvalue weighted by Crippen LogP contribution is 2.22. The molecule has 18 heavy (non-hydrogen) atoms. The molecule has 0 spiro atoms. The zero-order chi connectivity index (χ0) is 13.1. The van der Waals surface area contributed by atoms with E-state index in [0.29, 0.717) is 19.0 Å². The molecule has 2 N–H and O–H groups in total. The van der Waals surface area contributed by atoms with Gasteiger partial charge in [0.2, 0.25) is 5.91 Å². The van der Waals surface area contributed by atoms with Crippen LogP contribution in [-0.2, 0) is 4.79 Å². The second kappa shape index (κ2) is 5.29. The number of halogens is 3. The molecule has 0 aliphatic carbocycles. The van der Waals surface area contributed by atoms with Crippen molar-refractivity contribution in [3.63, 3.8) is 0 Å². The van der Waals surface area contributed by atoms with Crippen LogP contribution in [-0.4, -0.2) is 18.5 Å². The molecule has 1 heterocycles. The van der Waals surface area contributed by atoms with Gasteiger partial charge in [-0.2, -0.15) is 0 Å². The van der Waals surface area contributed by atoms with E-state index in [0.717, 1.165) is 12.5 Å². The number of carbonyl (C=O) groups excluding carboxylic acids is 1. The summed E-state index contributed by atoms with van der Waals surface area (Å²) in [5.41, 5.74) is -0.243. The predicted molar refractivity (Wildman–Crippen MR) is 60.6 cm³/mol. The summed E-state index contributed by atoms with van der Waals surface area (Å²) in [5.74, 6) is -3.37. The number of benzene rings is 1. The van der Waals surface area contributed by atoms with Crippen molar-refractivity contribution in [1.82, 2.24) is 5.32 Å². The molecule has 1 aliphatic heterocycles. The topological polar surface area (TPSA) is 41.1 Å². The fraction of sp³-hybridized carbons (Fsp3) is 0.417. The molecule has 0 bridgehead atoms. The second-order valence-electron chi connectivity index (χ2n) is 4.29. The first-order valence-corrected chi connectivity index (χ1v) is 5.74. The molecule has 2 rings (SSSR count). The van der Waals surface area contributed by atoms with Gasteiger partial charge in [-0.15, -0.1) is 0 Å². The maximum absolute atomic E-state index is 13.4. The van der Waals surface area contributed by atoms with E-state index in [1.165, 1.54) is 0 Å². The Morgan fingerprint density at radius 1 is 1.28 bits per heavy atom. The highest BCUT2D eigenvalue weighted by molar-refractivity contribution is 5.77. The van der Waals surface area contributed by atoms with Crippen LogP contribution in [0.2, 0.25) is 0 Å². The number of hydrogen-bond donors (Lipinski definition) is 2. The van der Waals surface area contributed by atoms with Crippen molar-refractivity contribution < 1.29 is 18.0 Å². The first-order chi connectivity index (χ1) is 8.56. The summed E-state index contributed by atoms with van der Waals surface area (Å²) in [7, 11) is 0. The van der Waals surface area contributed by atoms with Crippen LogP contribution in [0.1, 0.15) is 19.3 Å². The Labute approximate surface area is 102 Å². The van der Waals surface area contributed by atoms with Crippen molar-refractivity contribution in [1.29, 1.82) is 0 Å². The van der Waals surface area contributed by atoms with Crippen molar-refractivity contribution in [2.24, 2.45) is 0 Å². The lowest BCUT2D eigenvalue weighted by molar-refractivity contribution is -0.120. The molecule has 1 fully saturated rings. The highest BCUT2D eigenvalue weighted by atomic mass is 19.2. The zero-order valence-electron chi connectivity index (χ0n) is 9.60. The summed E-state index contributed by atoms with van der Waals surface area (Å²) in [5, 5.41) is 5.36. The summed E-state index contributed by atoms with van der Waals surface area (Å²) in [4.78, 5) is 11.3. The van der Waals surface area contributed by atoms with Crippen molar-refractivity contribution in [2.75, 3.05) is 11.9 Å². The minimum atomic E-state index is -1.24. The van der Waals surface area contributed by atoms with E-state index in [1.54, 1.807) is 0 Å². The number of nitrogens with one attached hydrogen (secondary N) is 2. The van der Waals surface area contributed by atoms with Gasteiger partial charge in [0.1, 0.15) is 5.82 Å². The molecule has 1 aromatic rings. The molecular formula is C12H13F3N2O. The van der Waals surface area contributed by atoms with Gasteiger partial charge in [-0.1, -0.05) is 0 Å². The van der Waals surface area contributed by atoms with Crippen molar-refractivity contribution in [2.45, 2.75) is 25.3 Å². The lowest BCUT2D eigenvalue weighted by Gasteiger charge is -2.17. The first kappa shape index (κ1) is 12.7. The Morgan fingerprint density at radius 2 is 2.06 bits per heavy atom. The lowest BCUT2D eigenvalue weighted by atomic mass is 10.1. The van der Waals surface area contributed by atoms with Gasteiger partial charge in [0, 0.05) is 31.1 Å². The van der Waals surface area contributed by atoms with E-state index in [-0.39, 0.29) is 24.1 Å². The standard InChI is InChI=1S/C12H13F3N2O/c13-7-4-9(14)12(15)10(5-7)17-8-2-1-3-16-11(18)6-8/h4-5,8,17H,1-3,6H2,(H,16,18). The summed E-state index contributed by atoms with van der Waals surface area (Å²) in [6.07, 6.45) is 1.54. The van der Waals surface area contributed by atoms with Crippen LogP contribution in [0.25, 0.3) is 0 Å². The maximum atomic E-state index is 13.4. The first-order valence-electron chi connectivity index (χ1n) is 5.74. The van der Waals surface area contributed by atoms with Gasteiger partial charge >= 0.3 is 0 Å². The molecule has 1 unspecified atom stereocenters. The molecule has 0 radical (unpaired) electrons. The molecule has 3 nitrogen and oxygen atoms in total. The third kappa shape index (κ3) is 2.94. The summed E-state index contributed by atoms with van der Waals surface area (Å²) >= 11 is 0. The molecule has 1 saturated heterocycles. The van der Waals surface area contributed by atoms with Crippen LogP contribution >= 0.6 is 0 Å². The third-order valence-corrected chi connectivity index (χ3v) is 2.84. The average molecular weight is 258 g/mol. The molecule has 1 aromatic carbocycles. The monoisotopic (exact) mass is 258 g/mol. The normalized spacial score (nSPS) is 20.2. The van der Waals surface area contributed by atoms with E-state index in [9.17, 15) is 18.0 Å². The third-order valence-electron chi connectivity index (χ3n) is 2.84. The van der Waals surface area contributed by atoms with Crippen molar-refractivity contribution in [3.05, 3.63) is 29.6 Å². The van der Waals surface area contributed by atoms with E-state index >= 15 is 0 Å². The van der Waals surface area contributed by atoms with Gasteiger partial charge in [0.15, 0.2) is 11.6 Å². The Hall–Kier alpha value is -1.72. The van der Waals surface area contributed by atoms with Crippen LogP contribution in [0, 0.1) is 17.5 Å². The average Bonchev–Trinajstić information content (AvgIpc) is 2.50. The fourth-order valence-electron chi connectivity index (χ4n) is 1.98. The molecule has 1 atom stereocenters. The van der Waals surface area contributed by atoms with Gasteiger partial charge in [-0.25, -0.2) is 13.2 Å². The van der Waals surface area contributed by atoms with Gasteiger partial charge in [0.05, 0.1) is 5.69 Å². The van der Waals surface area contributed by atoms with Crippen molar-refractivity contribution >= 4 is 11.6 Å². The maximum Gasteiger partial charge on any atom is 0.222 e. The van der Waals surface area contributed by atoms with Crippen LogP contribution in [0.4, 0.5) is 18.9 Å². The number of hydrogen-bond acceptors (Lipinski definition) is 2. The quantitative estimate of drug-likeness (QED) is 0.798. The van der Waals surface area contributed by atoms with Crippen LogP contribution in [0.3, 0.4) is 0 Å². The Balaban J connectivity index is 2.15. The van der Waals surface area contributed by atoms with E-state index in [2.05, 4.69) is 10.6 Å². The Kier molecular flexibility index (Phi) is 3.74. The molecule has 1 aliphatic rings. The van der Waals surface area contributed by atoms with E-state index in [4.69, 9.17) is 0 Å². The molecule has 0 aromatic heterocycles. The summed E-state index contributed by atoms with van der Waals surface area (Å²) in [6, 6.07) is 1.06. The number of rotatable bonds is 2. The second-order valence-corrected chi connectivity index (χ2v) is 4.29. The van der Waals surface area contributed by atoms with E-state index < -0.39 is 17.5 Å². The number of carbonyl (C=O) groups is 1. The van der Waals surface area contributed by atoms with Gasteiger partial charge < -0.3 is 10.6 Å². The molecular weight excluding hydrogens is 245 g/mol. The zero-order valence-corrected chi connectivity index (χ0v) is 9.60. The predicted octanol–water partition coefficient (Wildman–Crippen LogP) is 2.18. The number of amides is 1. The van der Waals surface area contributed by atoms with E-state index in [1.807, 2.05) is 0 Å². The van der Waals surface area contributed by atoms with Crippen LogP contribution in [0.5, 0.6) is 0 Å². The Morgan fingerprint density at radius 3 is 2.83 bits per heavy atom. The fourth-order valence-corrected chi connectivity index (χ4v) is 1.98. The molecule has 1 amide bonds. The molecule has 6 heteroatoms. The van der Waals surface area contributed by atoms with Gasteiger partial charge in [-0.05, 0) is 12.8 Å². The smallest absolute Gasteiger partial charge is 0.222 e. The van der Waals surface area contributed by atoms with Crippen LogP contribution < -0.4 is 10.6 Å². The SMILES string of the molecule is O=C1CC(Nc2cc(F)cc(F)c2F)CCCN1. The largest absolute Gasteiger partial charge is 0.379 e. The number of anilines is 1.